The van der Waals surface area contributed by atoms with Gasteiger partial charge >= 0.3 is 0 Å². The lowest BCUT2D eigenvalue weighted by Gasteiger charge is -2.15. The van der Waals surface area contributed by atoms with Crippen LogP contribution in [0.15, 0.2) is 59.5 Å². The van der Waals surface area contributed by atoms with E-state index >= 15 is 4.39 Å². The number of halogens is 3. The van der Waals surface area contributed by atoms with Crippen molar-refractivity contribution in [2.24, 2.45) is 0 Å². The molecule has 4 rings (SSSR count). The number of aromatic nitrogens is 3. The van der Waals surface area contributed by atoms with Crippen molar-refractivity contribution in [2.75, 3.05) is 18.5 Å². The molecule has 33 heavy (non-hydrogen) atoms. The van der Waals surface area contributed by atoms with Crippen molar-refractivity contribution in [1.82, 2.24) is 20.0 Å². The van der Waals surface area contributed by atoms with Gasteiger partial charge in [-0.25, -0.2) is 14.9 Å². The first-order chi connectivity index (χ1) is 16.0. The van der Waals surface area contributed by atoms with Crippen LogP contribution in [0.4, 0.5) is 15.8 Å². The Morgan fingerprint density at radius 2 is 2.09 bits per heavy atom. The first-order valence-electron chi connectivity index (χ1n) is 9.80. The van der Waals surface area contributed by atoms with E-state index in [0.29, 0.717) is 22.8 Å². The van der Waals surface area contributed by atoms with Gasteiger partial charge in [0.25, 0.3) is 5.91 Å². The summed E-state index contributed by atoms with van der Waals surface area (Å²) in [5.74, 6) is -1.43. The van der Waals surface area contributed by atoms with Gasteiger partial charge in [-0.1, -0.05) is 33.6 Å². The number of carbonyl (C=O) groups excluding carboxylic acids is 1. The second-order valence-electron chi connectivity index (χ2n) is 6.93. The van der Waals surface area contributed by atoms with Crippen molar-refractivity contribution in [3.05, 3.63) is 81.6 Å². The second-order valence-corrected chi connectivity index (χ2v) is 8.25. The highest BCUT2D eigenvalue weighted by Crippen LogP contribution is 2.34. The molecule has 0 atom stereocenters. The number of amides is 1. The van der Waals surface area contributed by atoms with Gasteiger partial charge in [-0.3, -0.25) is 14.6 Å². The average molecular weight is 535 g/mol. The van der Waals surface area contributed by atoms with Gasteiger partial charge in [-0.05, 0) is 36.4 Å². The number of imidazole rings is 1. The van der Waals surface area contributed by atoms with Crippen LogP contribution < -0.4 is 10.8 Å². The van der Waals surface area contributed by atoms with E-state index in [9.17, 15) is 4.79 Å². The van der Waals surface area contributed by atoms with Gasteiger partial charge in [-0.2, -0.15) is 0 Å². The Morgan fingerprint density at radius 1 is 1.24 bits per heavy atom. The Balaban J connectivity index is 1.79. The number of anilines is 2. The second kappa shape index (κ2) is 10.3. The summed E-state index contributed by atoms with van der Waals surface area (Å²) in [4.78, 5) is 26.3. The third kappa shape index (κ3) is 5.14. The van der Waals surface area contributed by atoms with Gasteiger partial charge in [0, 0.05) is 10.7 Å². The number of pyridine rings is 1. The van der Waals surface area contributed by atoms with E-state index in [1.54, 1.807) is 35.0 Å². The van der Waals surface area contributed by atoms with Gasteiger partial charge in [0.2, 0.25) is 0 Å². The summed E-state index contributed by atoms with van der Waals surface area (Å²) in [7, 11) is 0. The minimum atomic E-state index is -0.724. The van der Waals surface area contributed by atoms with Crippen LogP contribution in [-0.4, -0.2) is 38.8 Å². The molecule has 3 N–H and O–H groups in total. The van der Waals surface area contributed by atoms with Gasteiger partial charge < -0.3 is 15.0 Å². The fourth-order valence-electron chi connectivity index (χ4n) is 3.19. The largest absolute Gasteiger partial charge is 0.394 e. The van der Waals surface area contributed by atoms with E-state index in [0.717, 1.165) is 10.2 Å². The molecular formula is C22H18BrClFN5O3. The van der Waals surface area contributed by atoms with Crippen molar-refractivity contribution >= 4 is 55.8 Å². The molecule has 0 saturated heterocycles. The predicted molar refractivity (Wildman–Crippen MR) is 126 cm³/mol. The number of hydrogen-bond acceptors (Lipinski definition) is 6. The summed E-state index contributed by atoms with van der Waals surface area (Å²) < 4.78 is 18.1. The molecule has 2 aromatic carbocycles. The molecule has 0 aliphatic carbocycles. The number of benzene rings is 2. The molecule has 0 radical (unpaired) electrons. The van der Waals surface area contributed by atoms with Gasteiger partial charge in [0.15, 0.2) is 5.82 Å². The summed E-state index contributed by atoms with van der Waals surface area (Å²) in [6, 6.07) is 12.0. The molecule has 0 aliphatic rings. The van der Waals surface area contributed by atoms with Crippen molar-refractivity contribution < 1.29 is 19.1 Å². The molecule has 4 aromatic rings. The number of fused-ring (bicyclic) bond motifs is 1. The van der Waals surface area contributed by atoms with E-state index < -0.39 is 11.7 Å². The fourth-order valence-corrected chi connectivity index (χ4v) is 3.91. The van der Waals surface area contributed by atoms with Crippen molar-refractivity contribution in [2.45, 2.75) is 6.54 Å². The molecule has 2 aromatic heterocycles. The number of hydrogen-bond donors (Lipinski definition) is 3. The zero-order chi connectivity index (χ0) is 23.4. The number of rotatable bonds is 8. The summed E-state index contributed by atoms with van der Waals surface area (Å²) in [5, 5.41) is 12.1. The topological polar surface area (TPSA) is 101 Å². The van der Waals surface area contributed by atoms with E-state index in [1.165, 1.54) is 12.4 Å². The monoisotopic (exact) mass is 533 g/mol. The first kappa shape index (κ1) is 23.1. The third-order valence-electron chi connectivity index (χ3n) is 4.71. The Kier molecular flexibility index (Phi) is 7.19. The SMILES string of the molecule is O=C(NOCCO)c1cc2c(ncn2Cc2ccccn2)c(F)c1Nc1ccc(Br)cc1Cl. The highest BCUT2D eigenvalue weighted by atomic mass is 79.9. The van der Waals surface area contributed by atoms with Crippen LogP contribution in [0.2, 0.25) is 5.02 Å². The lowest BCUT2D eigenvalue weighted by atomic mass is 10.1. The number of aliphatic hydroxyl groups is 1. The lowest BCUT2D eigenvalue weighted by molar-refractivity contribution is 0.0169. The lowest BCUT2D eigenvalue weighted by Crippen LogP contribution is -2.26. The number of nitrogens with one attached hydrogen (secondary N) is 2. The quantitative estimate of drug-likeness (QED) is 0.228. The Hall–Kier alpha value is -3.05. The van der Waals surface area contributed by atoms with Crippen LogP contribution in [-0.2, 0) is 11.4 Å². The third-order valence-corrected chi connectivity index (χ3v) is 5.51. The Labute approximate surface area is 201 Å². The molecule has 0 aliphatic heterocycles. The van der Waals surface area contributed by atoms with Crippen molar-refractivity contribution in [1.29, 1.82) is 0 Å². The maximum atomic E-state index is 15.7. The highest BCUT2D eigenvalue weighted by Gasteiger charge is 2.23. The molecule has 2 heterocycles. The van der Waals surface area contributed by atoms with Crippen LogP contribution in [0.5, 0.6) is 0 Å². The normalized spacial score (nSPS) is 11.0. The molecule has 0 spiro atoms. The first-order valence-corrected chi connectivity index (χ1v) is 11.0. The van der Waals surface area contributed by atoms with Crippen LogP contribution in [0, 0.1) is 5.82 Å². The summed E-state index contributed by atoms with van der Waals surface area (Å²) in [6.45, 7) is -0.0658. The van der Waals surface area contributed by atoms with Gasteiger partial charge in [0.05, 0.1) is 59.3 Å². The molecule has 170 valence electrons. The maximum absolute atomic E-state index is 15.7. The van der Waals surface area contributed by atoms with Crippen LogP contribution in [0.1, 0.15) is 16.1 Å². The molecule has 0 saturated carbocycles. The van der Waals surface area contributed by atoms with E-state index in [4.69, 9.17) is 21.5 Å². The minimum absolute atomic E-state index is 0.0281. The van der Waals surface area contributed by atoms with E-state index in [1.807, 2.05) is 12.1 Å². The van der Waals surface area contributed by atoms with Crippen molar-refractivity contribution in [3.63, 3.8) is 0 Å². The zero-order valence-corrected chi connectivity index (χ0v) is 19.4. The van der Waals surface area contributed by atoms with E-state index in [2.05, 4.69) is 36.7 Å². The van der Waals surface area contributed by atoms with Crippen LogP contribution >= 0.6 is 27.5 Å². The van der Waals surface area contributed by atoms with Crippen LogP contribution in [0.25, 0.3) is 11.0 Å². The molecule has 0 unspecified atom stereocenters. The van der Waals surface area contributed by atoms with Gasteiger partial charge in [0.1, 0.15) is 5.52 Å². The zero-order valence-electron chi connectivity index (χ0n) is 17.1. The Bertz CT molecular complexity index is 1300. The number of nitrogens with zero attached hydrogens (tertiary/aromatic N) is 3. The average Bonchev–Trinajstić information content (AvgIpc) is 3.20. The molecular weight excluding hydrogens is 517 g/mol. The number of carbonyl (C=O) groups is 1. The summed E-state index contributed by atoms with van der Waals surface area (Å²) in [5.41, 5.74) is 3.70. The summed E-state index contributed by atoms with van der Waals surface area (Å²) in [6.07, 6.45) is 3.15. The number of hydroxylamine groups is 1. The minimum Gasteiger partial charge on any atom is -0.394 e. The molecule has 8 nitrogen and oxygen atoms in total. The molecule has 0 fully saturated rings. The van der Waals surface area contributed by atoms with Crippen molar-refractivity contribution in [3.8, 4) is 0 Å². The molecule has 0 bridgehead atoms. The molecule has 1 amide bonds. The smallest absolute Gasteiger partial charge is 0.277 e. The Morgan fingerprint density at radius 3 is 2.82 bits per heavy atom. The highest BCUT2D eigenvalue weighted by molar-refractivity contribution is 9.10. The van der Waals surface area contributed by atoms with E-state index in [-0.39, 0.29) is 30.0 Å². The summed E-state index contributed by atoms with van der Waals surface area (Å²) >= 11 is 9.61. The standard InChI is InChI=1S/C22H18BrClFN5O3/c23-13-4-5-17(16(24)9-13)28-20-15(22(32)29-33-8-7-31)10-18-21(19(20)25)27-12-30(18)11-14-3-1-2-6-26-14/h1-6,9-10,12,28,31H,7-8,11H2,(H,29,32). The maximum Gasteiger partial charge on any atom is 0.277 e. The van der Waals surface area contributed by atoms with Gasteiger partial charge in [-0.15, -0.1) is 0 Å². The number of aliphatic hydroxyl groups excluding tert-OH is 1. The molecule has 11 heteroatoms. The fraction of sp³-hybridized carbons (Fsp3) is 0.136. The van der Waals surface area contributed by atoms with Crippen LogP contribution in [0.3, 0.4) is 0 Å². The predicted octanol–water partition coefficient (Wildman–Crippen LogP) is 4.43.